The van der Waals surface area contributed by atoms with Gasteiger partial charge in [-0.25, -0.2) is 0 Å². The van der Waals surface area contributed by atoms with Crippen LogP contribution in [0.25, 0.3) is 0 Å². The molecule has 0 atom stereocenters. The van der Waals surface area contributed by atoms with Crippen LogP contribution in [0.5, 0.6) is 0 Å². The third kappa shape index (κ3) is 2.67. The molecule has 0 fully saturated rings. The summed E-state index contributed by atoms with van der Waals surface area (Å²) in [6, 6.07) is 1.45. The predicted molar refractivity (Wildman–Crippen MR) is 45.7 cm³/mol. The largest absolute Gasteiger partial charge is 0.383 e. The highest BCUT2D eigenvalue weighted by Crippen LogP contribution is 2.08. The molecular formula is C7H9NO2S. The summed E-state index contributed by atoms with van der Waals surface area (Å²) in [6.07, 6.45) is 1.81. The Bertz CT molecular complexity index is 276. The second-order valence-electron chi connectivity index (χ2n) is 1.98. The smallest absolute Gasteiger partial charge is 0.280 e. The molecule has 1 rings (SSSR count). The van der Waals surface area contributed by atoms with Gasteiger partial charge < -0.3 is 4.52 Å². The molecule has 0 saturated carbocycles. The first-order valence-corrected chi connectivity index (χ1v) is 4.34. The Labute approximate surface area is 68.5 Å². The highest BCUT2D eigenvalue weighted by Gasteiger charge is 1.97. The first-order valence-electron chi connectivity index (χ1n) is 3.19. The first kappa shape index (κ1) is 8.20. The molecule has 3 nitrogen and oxygen atoms in total. The SMILES string of the molecule is C=CCSCc1cc(=O)[nH]o1. The van der Waals surface area contributed by atoms with Crippen LogP contribution >= 0.6 is 11.8 Å². The van der Waals surface area contributed by atoms with Crippen LogP contribution in [-0.2, 0) is 5.75 Å². The molecule has 0 saturated heterocycles. The van der Waals surface area contributed by atoms with Crippen molar-refractivity contribution < 1.29 is 4.52 Å². The minimum atomic E-state index is -0.181. The Morgan fingerprint density at radius 2 is 2.64 bits per heavy atom. The molecular weight excluding hydrogens is 162 g/mol. The average molecular weight is 171 g/mol. The Morgan fingerprint density at radius 3 is 3.18 bits per heavy atom. The minimum Gasteiger partial charge on any atom is -0.383 e. The number of hydrogen-bond donors (Lipinski definition) is 1. The van der Waals surface area contributed by atoms with Gasteiger partial charge in [-0.15, -0.1) is 18.3 Å². The van der Waals surface area contributed by atoms with Gasteiger partial charge in [-0.05, 0) is 0 Å². The standard InChI is InChI=1S/C7H9NO2S/c1-2-3-11-5-6-4-7(9)8-10-6/h2,4H,1,3,5H2,(H,8,9). The number of hydrogen-bond acceptors (Lipinski definition) is 3. The molecule has 0 spiro atoms. The zero-order valence-corrected chi connectivity index (χ0v) is 6.82. The maximum Gasteiger partial charge on any atom is 0.280 e. The van der Waals surface area contributed by atoms with E-state index in [1.165, 1.54) is 6.07 Å². The van der Waals surface area contributed by atoms with Crippen molar-refractivity contribution in [3.8, 4) is 0 Å². The summed E-state index contributed by atoms with van der Waals surface area (Å²) in [6.45, 7) is 3.58. The fraction of sp³-hybridized carbons (Fsp3) is 0.286. The van der Waals surface area contributed by atoms with Crippen LogP contribution in [0.15, 0.2) is 28.0 Å². The summed E-state index contributed by atoms with van der Waals surface area (Å²) in [5.74, 6) is 2.27. The van der Waals surface area contributed by atoms with Gasteiger partial charge in [0.25, 0.3) is 5.56 Å². The first-order chi connectivity index (χ1) is 5.33. The van der Waals surface area contributed by atoms with E-state index >= 15 is 0 Å². The van der Waals surface area contributed by atoms with Crippen molar-refractivity contribution in [2.45, 2.75) is 5.75 Å². The molecule has 0 bridgehead atoms. The topological polar surface area (TPSA) is 46.0 Å². The summed E-state index contributed by atoms with van der Waals surface area (Å²) in [5, 5.41) is 2.23. The Hall–Kier alpha value is -0.900. The summed E-state index contributed by atoms with van der Waals surface area (Å²) in [5.41, 5.74) is -0.181. The zero-order valence-electron chi connectivity index (χ0n) is 6.00. The van der Waals surface area contributed by atoms with E-state index in [1.807, 2.05) is 6.08 Å². The maximum atomic E-state index is 10.5. The zero-order chi connectivity index (χ0) is 8.10. The summed E-state index contributed by atoms with van der Waals surface area (Å²) < 4.78 is 4.82. The molecule has 11 heavy (non-hydrogen) atoms. The van der Waals surface area contributed by atoms with E-state index in [1.54, 1.807) is 11.8 Å². The lowest BCUT2D eigenvalue weighted by molar-refractivity contribution is 0.390. The number of aromatic nitrogens is 1. The lowest BCUT2D eigenvalue weighted by Gasteiger charge is -1.90. The van der Waals surface area contributed by atoms with Crippen molar-refractivity contribution >= 4 is 11.8 Å². The highest BCUT2D eigenvalue weighted by atomic mass is 32.2. The molecule has 4 heteroatoms. The molecule has 1 aromatic heterocycles. The molecule has 0 unspecified atom stereocenters. The third-order valence-electron chi connectivity index (χ3n) is 1.05. The summed E-state index contributed by atoms with van der Waals surface area (Å²) >= 11 is 1.65. The Balaban J connectivity index is 2.38. The second-order valence-corrected chi connectivity index (χ2v) is 3.01. The average Bonchev–Trinajstić information content (AvgIpc) is 2.37. The second kappa shape index (κ2) is 4.08. The number of aromatic amines is 1. The van der Waals surface area contributed by atoms with E-state index in [0.29, 0.717) is 11.5 Å². The molecule has 0 radical (unpaired) electrons. The Kier molecular flexibility index (Phi) is 3.04. The molecule has 0 aliphatic carbocycles. The molecule has 1 aromatic rings. The van der Waals surface area contributed by atoms with Crippen LogP contribution in [0.2, 0.25) is 0 Å². The summed E-state index contributed by atoms with van der Waals surface area (Å²) in [4.78, 5) is 10.5. The third-order valence-corrected chi connectivity index (χ3v) is 2.01. The van der Waals surface area contributed by atoms with Gasteiger partial charge in [0.2, 0.25) is 0 Å². The van der Waals surface area contributed by atoms with Crippen molar-refractivity contribution in [2.75, 3.05) is 5.75 Å². The van der Waals surface area contributed by atoms with E-state index in [0.717, 1.165) is 5.75 Å². The number of H-pyrrole nitrogens is 1. The lowest BCUT2D eigenvalue weighted by atomic mass is 10.5. The monoisotopic (exact) mass is 171 g/mol. The van der Waals surface area contributed by atoms with Crippen LogP contribution in [0.1, 0.15) is 5.76 Å². The van der Waals surface area contributed by atoms with Gasteiger partial charge in [-0.2, -0.15) is 5.16 Å². The normalized spacial score (nSPS) is 9.82. The lowest BCUT2D eigenvalue weighted by Crippen LogP contribution is -1.92. The van der Waals surface area contributed by atoms with Gasteiger partial charge in [0, 0.05) is 11.8 Å². The molecule has 1 N–H and O–H groups in total. The van der Waals surface area contributed by atoms with Gasteiger partial charge in [0.05, 0.1) is 5.75 Å². The predicted octanol–water partition coefficient (Wildman–Crippen LogP) is 1.39. The number of nitrogens with one attached hydrogen (secondary N) is 1. The van der Waals surface area contributed by atoms with Gasteiger partial charge in [-0.3, -0.25) is 4.79 Å². The van der Waals surface area contributed by atoms with Crippen LogP contribution in [0.4, 0.5) is 0 Å². The van der Waals surface area contributed by atoms with Crippen molar-refractivity contribution in [1.29, 1.82) is 0 Å². The fourth-order valence-corrected chi connectivity index (χ4v) is 1.26. The Morgan fingerprint density at radius 1 is 1.82 bits per heavy atom. The molecule has 1 heterocycles. The van der Waals surface area contributed by atoms with Gasteiger partial charge >= 0.3 is 0 Å². The van der Waals surface area contributed by atoms with Crippen molar-refractivity contribution in [2.24, 2.45) is 0 Å². The van der Waals surface area contributed by atoms with Crippen LogP contribution in [-0.4, -0.2) is 10.9 Å². The van der Waals surface area contributed by atoms with Gasteiger partial charge in [0.15, 0.2) is 0 Å². The molecule has 0 aromatic carbocycles. The minimum absolute atomic E-state index is 0.181. The van der Waals surface area contributed by atoms with Crippen molar-refractivity contribution in [1.82, 2.24) is 5.16 Å². The van der Waals surface area contributed by atoms with Crippen molar-refractivity contribution in [3.63, 3.8) is 0 Å². The maximum absolute atomic E-state index is 10.5. The molecule has 0 aliphatic rings. The van der Waals surface area contributed by atoms with E-state index in [-0.39, 0.29) is 5.56 Å². The van der Waals surface area contributed by atoms with Crippen LogP contribution < -0.4 is 5.56 Å². The molecule has 60 valence electrons. The van der Waals surface area contributed by atoms with E-state index in [4.69, 9.17) is 4.52 Å². The van der Waals surface area contributed by atoms with E-state index in [2.05, 4.69) is 11.7 Å². The number of rotatable bonds is 4. The van der Waals surface area contributed by atoms with E-state index in [9.17, 15) is 4.79 Å². The van der Waals surface area contributed by atoms with Gasteiger partial charge in [-0.1, -0.05) is 6.08 Å². The molecule has 0 aliphatic heterocycles. The van der Waals surface area contributed by atoms with E-state index < -0.39 is 0 Å². The van der Waals surface area contributed by atoms with Crippen molar-refractivity contribution in [3.05, 3.63) is 34.8 Å². The quantitative estimate of drug-likeness (QED) is 0.550. The van der Waals surface area contributed by atoms with Gasteiger partial charge in [0.1, 0.15) is 5.76 Å². The number of thioether (sulfide) groups is 1. The fourth-order valence-electron chi connectivity index (χ4n) is 0.635. The van der Waals surface area contributed by atoms with Crippen LogP contribution in [0, 0.1) is 0 Å². The molecule has 0 amide bonds. The summed E-state index contributed by atoms with van der Waals surface area (Å²) in [7, 11) is 0. The highest BCUT2D eigenvalue weighted by molar-refractivity contribution is 7.98. The van der Waals surface area contributed by atoms with Crippen LogP contribution in [0.3, 0.4) is 0 Å².